The minimum Gasteiger partial charge on any atom is -0.365 e. The van der Waals surface area contributed by atoms with Gasteiger partial charge in [0.2, 0.25) is 0 Å². The molecule has 0 aromatic rings. The molecule has 2 heterocycles. The van der Waals surface area contributed by atoms with Gasteiger partial charge in [0.15, 0.2) is 5.79 Å². The fourth-order valence-electron chi connectivity index (χ4n) is 4.39. The van der Waals surface area contributed by atoms with Crippen molar-refractivity contribution in [1.82, 2.24) is 0 Å². The van der Waals surface area contributed by atoms with Gasteiger partial charge in [-0.05, 0) is 37.5 Å². The summed E-state index contributed by atoms with van der Waals surface area (Å²) in [6.07, 6.45) is 9.22. The second-order valence-corrected chi connectivity index (χ2v) is 6.12. The van der Waals surface area contributed by atoms with Crippen LogP contribution in [0.15, 0.2) is 0 Å². The molecule has 2 aliphatic heterocycles. The molecule has 2 heteroatoms. The highest BCUT2D eigenvalue weighted by Crippen LogP contribution is 2.58. The molecule has 0 aromatic heterocycles. The van der Waals surface area contributed by atoms with Crippen molar-refractivity contribution in [2.24, 2.45) is 11.8 Å². The van der Waals surface area contributed by atoms with Crippen molar-refractivity contribution >= 4 is 0 Å². The van der Waals surface area contributed by atoms with Gasteiger partial charge in [-0.15, -0.1) is 0 Å². The third-order valence-corrected chi connectivity index (χ3v) is 4.60. The van der Waals surface area contributed by atoms with E-state index in [2.05, 4.69) is 6.92 Å². The summed E-state index contributed by atoms with van der Waals surface area (Å²) in [6.45, 7) is 2.23. The lowest BCUT2D eigenvalue weighted by Crippen LogP contribution is -2.61. The Morgan fingerprint density at radius 3 is 2.40 bits per heavy atom. The van der Waals surface area contributed by atoms with Gasteiger partial charge in [0, 0.05) is 12.8 Å². The van der Waals surface area contributed by atoms with Crippen molar-refractivity contribution < 1.29 is 9.84 Å². The smallest absolute Gasteiger partial charge is 0.166 e. The van der Waals surface area contributed by atoms with E-state index in [1.54, 1.807) is 0 Å². The Hall–Kier alpha value is -0.0800. The Morgan fingerprint density at radius 1 is 1.20 bits per heavy atom. The van der Waals surface area contributed by atoms with Crippen LogP contribution in [0.4, 0.5) is 0 Å². The van der Waals surface area contributed by atoms with E-state index in [1.807, 2.05) is 0 Å². The Labute approximate surface area is 92.0 Å². The van der Waals surface area contributed by atoms with Gasteiger partial charge in [-0.3, -0.25) is 0 Å². The van der Waals surface area contributed by atoms with Crippen molar-refractivity contribution in [1.29, 1.82) is 0 Å². The molecule has 4 fully saturated rings. The lowest BCUT2D eigenvalue weighted by molar-refractivity contribution is -0.356. The summed E-state index contributed by atoms with van der Waals surface area (Å²) in [6, 6.07) is 0. The molecule has 2 atom stereocenters. The normalized spacial score (nSPS) is 52.4. The first-order chi connectivity index (χ1) is 7.13. The Morgan fingerprint density at radius 2 is 1.87 bits per heavy atom. The average Bonchev–Trinajstić information content (AvgIpc) is 2.10. The standard InChI is InChI=1S/C13H22O2/c1-2-3-4-12-6-10-5-11(7-12)9-13(14,8-10)15-12/h10-11,14H,2-9H2,1H3/t10-,11-,12?,13?/m1/s1. The van der Waals surface area contributed by atoms with Crippen LogP contribution in [0, 0.1) is 11.8 Å². The zero-order valence-corrected chi connectivity index (χ0v) is 9.67. The van der Waals surface area contributed by atoms with E-state index in [-0.39, 0.29) is 5.60 Å². The van der Waals surface area contributed by atoms with E-state index in [4.69, 9.17) is 4.74 Å². The topological polar surface area (TPSA) is 29.5 Å². The molecular formula is C13H22O2. The van der Waals surface area contributed by atoms with Crippen molar-refractivity contribution in [2.45, 2.75) is 69.7 Å². The highest BCUT2D eigenvalue weighted by molar-refractivity contribution is 5.04. The minimum atomic E-state index is -0.738. The largest absolute Gasteiger partial charge is 0.365 e. The summed E-state index contributed by atoms with van der Waals surface area (Å²) < 4.78 is 6.06. The lowest BCUT2D eigenvalue weighted by atomic mass is 9.60. The molecule has 0 radical (unpaired) electrons. The van der Waals surface area contributed by atoms with E-state index in [0.29, 0.717) is 0 Å². The SMILES string of the molecule is CCCCC12C[C@H]3C[C@@H](CC(O)(C3)O1)C2. The average molecular weight is 210 g/mol. The third-order valence-electron chi connectivity index (χ3n) is 4.60. The van der Waals surface area contributed by atoms with Gasteiger partial charge < -0.3 is 9.84 Å². The Balaban J connectivity index is 1.80. The van der Waals surface area contributed by atoms with Crippen LogP contribution < -0.4 is 0 Å². The molecule has 0 amide bonds. The predicted molar refractivity (Wildman–Crippen MR) is 58.4 cm³/mol. The summed E-state index contributed by atoms with van der Waals surface area (Å²) in [7, 11) is 0. The maximum absolute atomic E-state index is 10.3. The highest BCUT2D eigenvalue weighted by atomic mass is 16.6. The van der Waals surface area contributed by atoms with Crippen LogP contribution in [0.25, 0.3) is 0 Å². The van der Waals surface area contributed by atoms with E-state index < -0.39 is 5.79 Å². The maximum Gasteiger partial charge on any atom is 0.166 e. The minimum absolute atomic E-state index is 0.0643. The van der Waals surface area contributed by atoms with Crippen LogP contribution in [-0.4, -0.2) is 16.5 Å². The number of ether oxygens (including phenoxy) is 1. The number of hydrogen-bond acceptors (Lipinski definition) is 2. The predicted octanol–water partition coefficient (Wildman–Crippen LogP) is 2.84. The van der Waals surface area contributed by atoms with E-state index in [0.717, 1.165) is 24.7 Å². The molecule has 0 unspecified atom stereocenters. The quantitative estimate of drug-likeness (QED) is 0.776. The molecule has 4 aliphatic rings. The zero-order chi connectivity index (χ0) is 10.5. The summed E-state index contributed by atoms with van der Waals surface area (Å²) >= 11 is 0. The molecule has 4 rings (SSSR count). The van der Waals surface area contributed by atoms with E-state index >= 15 is 0 Å². The number of rotatable bonds is 3. The first-order valence-electron chi connectivity index (χ1n) is 6.56. The van der Waals surface area contributed by atoms with Crippen molar-refractivity contribution in [3.63, 3.8) is 0 Å². The van der Waals surface area contributed by atoms with Crippen LogP contribution in [-0.2, 0) is 4.74 Å². The van der Waals surface area contributed by atoms with Gasteiger partial charge in [-0.1, -0.05) is 19.8 Å². The van der Waals surface area contributed by atoms with Gasteiger partial charge in [0.1, 0.15) is 0 Å². The van der Waals surface area contributed by atoms with Gasteiger partial charge in [-0.2, -0.15) is 0 Å². The number of hydrogen-bond donors (Lipinski definition) is 1. The van der Waals surface area contributed by atoms with Gasteiger partial charge in [0.25, 0.3) is 0 Å². The second kappa shape index (κ2) is 3.21. The lowest BCUT2D eigenvalue weighted by Gasteiger charge is -2.60. The second-order valence-electron chi connectivity index (χ2n) is 6.12. The molecule has 2 saturated heterocycles. The van der Waals surface area contributed by atoms with E-state index in [1.165, 1.54) is 38.5 Å². The molecule has 2 aliphatic carbocycles. The molecule has 0 spiro atoms. The summed E-state index contributed by atoms with van der Waals surface area (Å²) in [4.78, 5) is 0. The Kier molecular flexibility index (Phi) is 2.16. The van der Waals surface area contributed by atoms with Crippen LogP contribution in [0.1, 0.15) is 58.3 Å². The first-order valence-corrected chi connectivity index (χ1v) is 6.56. The summed E-state index contributed by atoms with van der Waals surface area (Å²) in [5, 5.41) is 10.3. The molecule has 15 heavy (non-hydrogen) atoms. The molecular weight excluding hydrogens is 188 g/mol. The maximum atomic E-state index is 10.3. The highest BCUT2D eigenvalue weighted by Gasteiger charge is 2.57. The third kappa shape index (κ3) is 1.62. The van der Waals surface area contributed by atoms with Gasteiger partial charge in [0.05, 0.1) is 5.60 Å². The van der Waals surface area contributed by atoms with Crippen LogP contribution >= 0.6 is 0 Å². The van der Waals surface area contributed by atoms with Crippen molar-refractivity contribution in [3.8, 4) is 0 Å². The van der Waals surface area contributed by atoms with Crippen LogP contribution in [0.3, 0.4) is 0 Å². The fraction of sp³-hybridized carbons (Fsp3) is 1.00. The molecule has 1 N–H and O–H groups in total. The molecule has 4 bridgehead atoms. The molecule has 0 aromatic carbocycles. The van der Waals surface area contributed by atoms with E-state index in [9.17, 15) is 5.11 Å². The van der Waals surface area contributed by atoms with Gasteiger partial charge >= 0.3 is 0 Å². The summed E-state index contributed by atoms with van der Waals surface area (Å²) in [5.41, 5.74) is 0.0643. The first kappa shape index (κ1) is 10.1. The van der Waals surface area contributed by atoms with Crippen LogP contribution in [0.2, 0.25) is 0 Å². The van der Waals surface area contributed by atoms with Crippen molar-refractivity contribution in [2.75, 3.05) is 0 Å². The zero-order valence-electron chi connectivity index (χ0n) is 9.67. The van der Waals surface area contributed by atoms with Crippen LogP contribution in [0.5, 0.6) is 0 Å². The molecule has 2 saturated carbocycles. The Bertz CT molecular complexity index is 247. The monoisotopic (exact) mass is 210 g/mol. The molecule has 2 nitrogen and oxygen atoms in total. The molecule has 86 valence electrons. The number of unbranched alkanes of at least 4 members (excludes halogenated alkanes) is 1. The van der Waals surface area contributed by atoms with Gasteiger partial charge in [-0.25, -0.2) is 0 Å². The van der Waals surface area contributed by atoms with Crippen molar-refractivity contribution in [3.05, 3.63) is 0 Å². The number of aliphatic hydroxyl groups is 1. The fourth-order valence-corrected chi connectivity index (χ4v) is 4.39. The summed E-state index contributed by atoms with van der Waals surface area (Å²) in [5.74, 6) is 0.749.